The second-order valence-electron chi connectivity index (χ2n) is 4.28. The van der Waals surface area contributed by atoms with Gasteiger partial charge in [0.15, 0.2) is 0 Å². The standard InChI is InChI=1S/C10H21N/c1-9(2)10(8-11)6-4-3-5-7-10/h9H,3-8,11H2,1-2H3. The predicted molar refractivity (Wildman–Crippen MR) is 49.4 cm³/mol. The van der Waals surface area contributed by atoms with Crippen LogP contribution < -0.4 is 5.73 Å². The molecule has 0 aromatic heterocycles. The third-order valence-corrected chi connectivity index (χ3v) is 3.48. The van der Waals surface area contributed by atoms with Crippen molar-refractivity contribution in [1.29, 1.82) is 0 Å². The molecule has 0 aliphatic heterocycles. The van der Waals surface area contributed by atoms with Gasteiger partial charge in [-0.3, -0.25) is 0 Å². The van der Waals surface area contributed by atoms with E-state index in [4.69, 9.17) is 5.73 Å². The van der Waals surface area contributed by atoms with Crippen LogP contribution in [0.3, 0.4) is 0 Å². The molecule has 1 saturated carbocycles. The van der Waals surface area contributed by atoms with Crippen LogP contribution >= 0.6 is 0 Å². The molecular weight excluding hydrogens is 134 g/mol. The molecule has 0 atom stereocenters. The molecule has 1 nitrogen and oxygen atoms in total. The lowest BCUT2D eigenvalue weighted by molar-refractivity contribution is 0.128. The highest BCUT2D eigenvalue weighted by Crippen LogP contribution is 2.41. The zero-order valence-corrected chi connectivity index (χ0v) is 7.90. The highest BCUT2D eigenvalue weighted by molar-refractivity contribution is 4.86. The van der Waals surface area contributed by atoms with Crippen molar-refractivity contribution in [3.8, 4) is 0 Å². The van der Waals surface area contributed by atoms with Gasteiger partial charge in [-0.25, -0.2) is 0 Å². The molecular formula is C10H21N. The van der Waals surface area contributed by atoms with E-state index in [2.05, 4.69) is 13.8 Å². The summed E-state index contributed by atoms with van der Waals surface area (Å²) in [5.41, 5.74) is 6.34. The minimum absolute atomic E-state index is 0.498. The van der Waals surface area contributed by atoms with Crippen LogP contribution in [0.25, 0.3) is 0 Å². The van der Waals surface area contributed by atoms with Crippen LogP contribution in [0.1, 0.15) is 46.0 Å². The zero-order valence-electron chi connectivity index (χ0n) is 7.90. The van der Waals surface area contributed by atoms with Crippen LogP contribution in [0.2, 0.25) is 0 Å². The van der Waals surface area contributed by atoms with E-state index < -0.39 is 0 Å². The van der Waals surface area contributed by atoms with E-state index in [1.807, 2.05) is 0 Å². The summed E-state index contributed by atoms with van der Waals surface area (Å²) in [5, 5.41) is 0. The fourth-order valence-electron chi connectivity index (χ4n) is 2.27. The smallest absolute Gasteiger partial charge is 0.00181 e. The van der Waals surface area contributed by atoms with Gasteiger partial charge < -0.3 is 5.73 Å². The topological polar surface area (TPSA) is 26.0 Å². The van der Waals surface area contributed by atoms with Gasteiger partial charge in [0.1, 0.15) is 0 Å². The van der Waals surface area contributed by atoms with Gasteiger partial charge in [-0.15, -0.1) is 0 Å². The van der Waals surface area contributed by atoms with E-state index in [1.54, 1.807) is 0 Å². The summed E-state index contributed by atoms with van der Waals surface area (Å²) in [6.45, 7) is 5.53. The molecule has 1 heteroatoms. The molecule has 2 N–H and O–H groups in total. The molecule has 0 bridgehead atoms. The zero-order chi connectivity index (χ0) is 8.32. The summed E-state index contributed by atoms with van der Waals surface area (Å²) in [6, 6.07) is 0. The quantitative estimate of drug-likeness (QED) is 0.651. The van der Waals surface area contributed by atoms with E-state index in [-0.39, 0.29) is 0 Å². The summed E-state index contributed by atoms with van der Waals surface area (Å²) >= 11 is 0. The van der Waals surface area contributed by atoms with E-state index in [0.29, 0.717) is 5.41 Å². The molecule has 0 saturated heterocycles. The number of hydrogen-bond acceptors (Lipinski definition) is 1. The Morgan fingerprint density at radius 2 is 1.73 bits per heavy atom. The Hall–Kier alpha value is -0.0400. The maximum Gasteiger partial charge on any atom is -0.00181 e. The molecule has 0 heterocycles. The molecule has 0 amide bonds. The maximum absolute atomic E-state index is 5.84. The second-order valence-corrected chi connectivity index (χ2v) is 4.28. The molecule has 66 valence electrons. The minimum atomic E-state index is 0.498. The molecule has 1 aliphatic rings. The van der Waals surface area contributed by atoms with Gasteiger partial charge in [0.25, 0.3) is 0 Å². The van der Waals surface area contributed by atoms with Crippen molar-refractivity contribution in [3.05, 3.63) is 0 Å². The normalized spacial score (nSPS) is 24.0. The highest BCUT2D eigenvalue weighted by Gasteiger charge is 2.33. The molecule has 1 aliphatic carbocycles. The first kappa shape index (κ1) is 9.05. The Labute approximate surface area is 70.4 Å². The fourth-order valence-corrected chi connectivity index (χ4v) is 2.27. The monoisotopic (exact) mass is 155 g/mol. The average molecular weight is 155 g/mol. The Kier molecular flexibility index (Phi) is 2.94. The number of nitrogens with two attached hydrogens (primary N) is 1. The molecule has 11 heavy (non-hydrogen) atoms. The van der Waals surface area contributed by atoms with Crippen LogP contribution in [0.4, 0.5) is 0 Å². The summed E-state index contributed by atoms with van der Waals surface area (Å²) in [5.74, 6) is 0.771. The highest BCUT2D eigenvalue weighted by atomic mass is 14.6. The lowest BCUT2D eigenvalue weighted by Gasteiger charge is -2.40. The van der Waals surface area contributed by atoms with Gasteiger partial charge in [-0.1, -0.05) is 33.1 Å². The van der Waals surface area contributed by atoms with Crippen molar-refractivity contribution >= 4 is 0 Å². The van der Waals surface area contributed by atoms with Crippen molar-refractivity contribution < 1.29 is 0 Å². The second kappa shape index (κ2) is 3.57. The van der Waals surface area contributed by atoms with E-state index >= 15 is 0 Å². The van der Waals surface area contributed by atoms with Gasteiger partial charge in [0.2, 0.25) is 0 Å². The molecule has 0 radical (unpaired) electrons. The third kappa shape index (κ3) is 1.76. The first-order chi connectivity index (χ1) is 5.21. The van der Waals surface area contributed by atoms with Gasteiger partial charge in [0.05, 0.1) is 0 Å². The lowest BCUT2D eigenvalue weighted by atomic mass is 9.67. The molecule has 0 aromatic rings. The largest absolute Gasteiger partial charge is 0.330 e. The molecule has 1 fully saturated rings. The first-order valence-electron chi connectivity index (χ1n) is 4.91. The Morgan fingerprint density at radius 1 is 1.18 bits per heavy atom. The average Bonchev–Trinajstić information content (AvgIpc) is 2.05. The van der Waals surface area contributed by atoms with Crippen LogP contribution in [0.5, 0.6) is 0 Å². The Bertz CT molecular complexity index is 112. The van der Waals surface area contributed by atoms with Gasteiger partial charge in [-0.2, -0.15) is 0 Å². The van der Waals surface area contributed by atoms with E-state index in [1.165, 1.54) is 32.1 Å². The van der Waals surface area contributed by atoms with Crippen molar-refractivity contribution in [3.63, 3.8) is 0 Å². The van der Waals surface area contributed by atoms with Crippen molar-refractivity contribution in [2.24, 2.45) is 17.1 Å². The summed E-state index contributed by atoms with van der Waals surface area (Å²) in [4.78, 5) is 0. The SMILES string of the molecule is CC(C)C1(CN)CCCCC1. The van der Waals surface area contributed by atoms with Gasteiger partial charge in [0, 0.05) is 0 Å². The Morgan fingerprint density at radius 3 is 2.00 bits per heavy atom. The first-order valence-corrected chi connectivity index (χ1v) is 4.91. The molecule has 1 rings (SSSR count). The third-order valence-electron chi connectivity index (χ3n) is 3.48. The van der Waals surface area contributed by atoms with Crippen molar-refractivity contribution in [2.75, 3.05) is 6.54 Å². The Balaban J connectivity index is 2.57. The molecule has 0 unspecified atom stereocenters. The van der Waals surface area contributed by atoms with E-state index in [9.17, 15) is 0 Å². The van der Waals surface area contributed by atoms with E-state index in [0.717, 1.165) is 12.5 Å². The molecule has 0 aromatic carbocycles. The number of rotatable bonds is 2. The van der Waals surface area contributed by atoms with Crippen LogP contribution in [-0.2, 0) is 0 Å². The van der Waals surface area contributed by atoms with Crippen molar-refractivity contribution in [1.82, 2.24) is 0 Å². The van der Waals surface area contributed by atoms with Crippen molar-refractivity contribution in [2.45, 2.75) is 46.0 Å². The van der Waals surface area contributed by atoms with Crippen LogP contribution in [-0.4, -0.2) is 6.54 Å². The van der Waals surface area contributed by atoms with Gasteiger partial charge in [-0.05, 0) is 30.7 Å². The summed E-state index contributed by atoms with van der Waals surface area (Å²) in [7, 11) is 0. The van der Waals surface area contributed by atoms with Crippen LogP contribution in [0, 0.1) is 11.3 Å². The maximum atomic E-state index is 5.84. The van der Waals surface area contributed by atoms with Gasteiger partial charge >= 0.3 is 0 Å². The minimum Gasteiger partial charge on any atom is -0.330 e. The summed E-state index contributed by atoms with van der Waals surface area (Å²) in [6.07, 6.45) is 6.95. The predicted octanol–water partition coefficient (Wildman–Crippen LogP) is 2.55. The summed E-state index contributed by atoms with van der Waals surface area (Å²) < 4.78 is 0. The lowest BCUT2D eigenvalue weighted by Crippen LogP contribution is -2.37. The number of hydrogen-bond donors (Lipinski definition) is 1. The molecule has 0 spiro atoms. The fraction of sp³-hybridized carbons (Fsp3) is 1.00. The van der Waals surface area contributed by atoms with Crippen LogP contribution in [0.15, 0.2) is 0 Å².